The lowest BCUT2D eigenvalue weighted by Crippen LogP contribution is -2.17. The largest absolute Gasteiger partial charge is 0.488 e. The molecule has 1 aliphatic heterocycles. The van der Waals surface area contributed by atoms with Gasteiger partial charge < -0.3 is 9.30 Å². The van der Waals surface area contributed by atoms with Crippen molar-refractivity contribution in [1.82, 2.24) is 9.55 Å². The van der Waals surface area contributed by atoms with Crippen molar-refractivity contribution < 1.29 is 4.74 Å². The van der Waals surface area contributed by atoms with Gasteiger partial charge in [-0.3, -0.25) is 0 Å². The minimum Gasteiger partial charge on any atom is -0.488 e. The molecule has 1 atom stereocenters. The van der Waals surface area contributed by atoms with Gasteiger partial charge in [0, 0.05) is 0 Å². The van der Waals surface area contributed by atoms with Crippen LogP contribution in [0.25, 0.3) is 22.4 Å². The van der Waals surface area contributed by atoms with Crippen molar-refractivity contribution in [3.05, 3.63) is 48.0 Å². The molecule has 2 aromatic carbocycles. The minimum absolute atomic E-state index is 0.135. The van der Waals surface area contributed by atoms with E-state index < -0.39 is 0 Å². The van der Waals surface area contributed by atoms with Gasteiger partial charge in [0.2, 0.25) is 0 Å². The maximum atomic E-state index is 6.02. The van der Waals surface area contributed by atoms with Gasteiger partial charge in [-0.25, -0.2) is 4.98 Å². The number of benzene rings is 2. The predicted molar refractivity (Wildman–Crippen MR) is 80.0 cm³/mol. The number of aryl methyl sites for hydroxylation is 1. The first-order chi connectivity index (χ1) is 9.74. The van der Waals surface area contributed by atoms with Gasteiger partial charge in [-0.15, -0.1) is 0 Å². The molecule has 0 spiro atoms. The highest BCUT2D eigenvalue weighted by Gasteiger charge is 2.22. The SMILES string of the molecule is Cc1cccc2c1nc1n2CC(C)Oc2ccccc2-1. The van der Waals surface area contributed by atoms with Crippen molar-refractivity contribution in [1.29, 1.82) is 0 Å². The molecule has 0 saturated carbocycles. The highest BCUT2D eigenvalue weighted by Crippen LogP contribution is 2.35. The maximum absolute atomic E-state index is 6.02. The fourth-order valence-corrected chi connectivity index (χ4v) is 2.94. The Morgan fingerprint density at radius 3 is 2.90 bits per heavy atom. The number of nitrogens with zero attached hydrogens (tertiary/aromatic N) is 2. The molecule has 1 unspecified atom stereocenters. The van der Waals surface area contributed by atoms with E-state index in [4.69, 9.17) is 9.72 Å². The fraction of sp³-hybridized carbons (Fsp3) is 0.235. The van der Waals surface area contributed by atoms with Crippen LogP contribution < -0.4 is 4.74 Å². The zero-order valence-electron chi connectivity index (χ0n) is 11.6. The third kappa shape index (κ3) is 1.56. The Morgan fingerprint density at radius 1 is 1.15 bits per heavy atom. The third-order valence-electron chi connectivity index (χ3n) is 3.88. The summed E-state index contributed by atoms with van der Waals surface area (Å²) in [5.41, 5.74) is 4.57. The van der Waals surface area contributed by atoms with E-state index in [0.29, 0.717) is 0 Å². The number of fused-ring (bicyclic) bond motifs is 5. The van der Waals surface area contributed by atoms with Crippen LogP contribution in [0.4, 0.5) is 0 Å². The number of ether oxygens (including phenoxy) is 1. The van der Waals surface area contributed by atoms with Crippen molar-refractivity contribution in [2.45, 2.75) is 26.5 Å². The van der Waals surface area contributed by atoms with Gasteiger partial charge in [0.05, 0.1) is 23.1 Å². The van der Waals surface area contributed by atoms with Crippen LogP contribution >= 0.6 is 0 Å². The quantitative estimate of drug-likeness (QED) is 0.617. The molecule has 4 rings (SSSR count). The van der Waals surface area contributed by atoms with Crippen molar-refractivity contribution in [2.75, 3.05) is 0 Å². The number of hydrogen-bond acceptors (Lipinski definition) is 2. The van der Waals surface area contributed by atoms with E-state index in [1.54, 1.807) is 0 Å². The first-order valence-corrected chi connectivity index (χ1v) is 6.96. The Hall–Kier alpha value is -2.29. The molecule has 1 aliphatic rings. The van der Waals surface area contributed by atoms with Gasteiger partial charge in [0.15, 0.2) is 0 Å². The lowest BCUT2D eigenvalue weighted by atomic mass is 10.2. The van der Waals surface area contributed by atoms with Crippen LogP contribution in [0.2, 0.25) is 0 Å². The first-order valence-electron chi connectivity index (χ1n) is 6.96. The summed E-state index contributed by atoms with van der Waals surface area (Å²) in [6.45, 7) is 5.04. The second-order valence-electron chi connectivity index (χ2n) is 5.41. The lowest BCUT2D eigenvalue weighted by Gasteiger charge is -2.13. The van der Waals surface area contributed by atoms with E-state index in [9.17, 15) is 0 Å². The molecule has 0 amide bonds. The molecule has 0 bridgehead atoms. The highest BCUT2D eigenvalue weighted by molar-refractivity contribution is 5.84. The first kappa shape index (κ1) is 11.5. The standard InChI is InChI=1S/C17H16N2O/c1-11-6-5-8-14-16(11)18-17-13-7-3-4-9-15(13)20-12(2)10-19(14)17/h3-9,12H,10H2,1-2H3. The summed E-state index contributed by atoms with van der Waals surface area (Å²) < 4.78 is 8.29. The third-order valence-corrected chi connectivity index (χ3v) is 3.88. The van der Waals surface area contributed by atoms with Gasteiger partial charge in [-0.05, 0) is 37.6 Å². The molecule has 0 N–H and O–H groups in total. The Morgan fingerprint density at radius 2 is 2.00 bits per heavy atom. The molecular weight excluding hydrogens is 248 g/mol. The second kappa shape index (κ2) is 4.10. The summed E-state index contributed by atoms with van der Waals surface area (Å²) in [6, 6.07) is 14.5. The average Bonchev–Trinajstić information content (AvgIpc) is 2.73. The number of hydrogen-bond donors (Lipinski definition) is 0. The molecular formula is C17H16N2O. The van der Waals surface area contributed by atoms with E-state index >= 15 is 0 Å². The highest BCUT2D eigenvalue weighted by atomic mass is 16.5. The zero-order chi connectivity index (χ0) is 13.7. The summed E-state index contributed by atoms with van der Waals surface area (Å²) in [6.07, 6.45) is 0.135. The summed E-state index contributed by atoms with van der Waals surface area (Å²) in [7, 11) is 0. The van der Waals surface area contributed by atoms with E-state index in [0.717, 1.165) is 29.2 Å². The van der Waals surface area contributed by atoms with Crippen LogP contribution in [-0.2, 0) is 6.54 Å². The molecule has 20 heavy (non-hydrogen) atoms. The molecule has 0 fully saturated rings. The molecule has 3 nitrogen and oxygen atoms in total. The molecule has 100 valence electrons. The van der Waals surface area contributed by atoms with Crippen LogP contribution in [-0.4, -0.2) is 15.7 Å². The summed E-state index contributed by atoms with van der Waals surface area (Å²) in [4.78, 5) is 4.87. The molecule has 2 heterocycles. The van der Waals surface area contributed by atoms with Crippen molar-refractivity contribution >= 4 is 11.0 Å². The van der Waals surface area contributed by atoms with Gasteiger partial charge in [-0.2, -0.15) is 0 Å². The van der Waals surface area contributed by atoms with Gasteiger partial charge >= 0.3 is 0 Å². The normalized spacial score (nSPS) is 17.2. The van der Waals surface area contributed by atoms with Crippen molar-refractivity contribution in [3.8, 4) is 17.1 Å². The molecule has 3 heteroatoms. The topological polar surface area (TPSA) is 27.1 Å². The Balaban J connectivity index is 2.10. The number of rotatable bonds is 0. The summed E-state index contributed by atoms with van der Waals surface area (Å²) >= 11 is 0. The van der Waals surface area contributed by atoms with Crippen molar-refractivity contribution in [3.63, 3.8) is 0 Å². The van der Waals surface area contributed by atoms with E-state index in [2.05, 4.69) is 42.7 Å². The Labute approximate surface area is 117 Å². The van der Waals surface area contributed by atoms with Crippen LogP contribution in [0.3, 0.4) is 0 Å². The minimum atomic E-state index is 0.135. The lowest BCUT2D eigenvalue weighted by molar-refractivity contribution is 0.207. The van der Waals surface area contributed by atoms with Gasteiger partial charge in [0.1, 0.15) is 17.7 Å². The number of para-hydroxylation sites is 2. The molecule has 0 radical (unpaired) electrons. The van der Waals surface area contributed by atoms with Crippen molar-refractivity contribution in [2.24, 2.45) is 0 Å². The van der Waals surface area contributed by atoms with E-state index in [1.807, 2.05) is 18.2 Å². The van der Waals surface area contributed by atoms with E-state index in [1.165, 1.54) is 11.1 Å². The molecule has 3 aromatic rings. The summed E-state index contributed by atoms with van der Waals surface area (Å²) in [5, 5.41) is 0. The monoisotopic (exact) mass is 264 g/mol. The summed E-state index contributed by atoms with van der Waals surface area (Å²) in [5.74, 6) is 1.93. The Kier molecular flexibility index (Phi) is 2.36. The van der Waals surface area contributed by atoms with Crippen LogP contribution in [0.15, 0.2) is 42.5 Å². The Bertz CT molecular complexity index is 804. The molecule has 0 saturated heterocycles. The van der Waals surface area contributed by atoms with E-state index in [-0.39, 0.29) is 6.10 Å². The van der Waals surface area contributed by atoms with Gasteiger partial charge in [0.25, 0.3) is 0 Å². The number of imidazole rings is 1. The van der Waals surface area contributed by atoms with Crippen LogP contribution in [0, 0.1) is 6.92 Å². The van der Waals surface area contributed by atoms with Crippen LogP contribution in [0.5, 0.6) is 5.75 Å². The zero-order valence-corrected chi connectivity index (χ0v) is 11.6. The predicted octanol–water partition coefficient (Wildman–Crippen LogP) is 3.79. The fourth-order valence-electron chi connectivity index (χ4n) is 2.94. The number of aromatic nitrogens is 2. The van der Waals surface area contributed by atoms with Gasteiger partial charge in [-0.1, -0.05) is 24.3 Å². The smallest absolute Gasteiger partial charge is 0.145 e. The maximum Gasteiger partial charge on any atom is 0.145 e. The van der Waals surface area contributed by atoms with Crippen LogP contribution in [0.1, 0.15) is 12.5 Å². The average molecular weight is 264 g/mol. The second-order valence-corrected chi connectivity index (χ2v) is 5.41. The molecule has 1 aromatic heterocycles. The molecule has 0 aliphatic carbocycles.